The summed E-state index contributed by atoms with van der Waals surface area (Å²) in [6.07, 6.45) is 0.115. The third-order valence-corrected chi connectivity index (χ3v) is 9.56. The van der Waals surface area contributed by atoms with Crippen LogP contribution in [-0.2, 0) is 32.6 Å². The Kier molecular flexibility index (Phi) is 11.6. The zero-order valence-electron chi connectivity index (χ0n) is 24.9. The molecule has 2 amide bonds. The van der Waals surface area contributed by atoms with Gasteiger partial charge in [0.25, 0.3) is 10.0 Å². The number of carbonyl (C=O) groups is 2. The summed E-state index contributed by atoms with van der Waals surface area (Å²) in [5, 5.41) is 3.45. The van der Waals surface area contributed by atoms with E-state index in [1.54, 1.807) is 24.3 Å². The van der Waals surface area contributed by atoms with Crippen LogP contribution in [-0.4, -0.2) is 44.3 Å². The topological polar surface area (TPSA) is 86.8 Å². The number of rotatable bonds is 13. The van der Waals surface area contributed by atoms with E-state index in [4.69, 9.17) is 23.2 Å². The number of nitrogens with one attached hydrogen (secondary N) is 1. The summed E-state index contributed by atoms with van der Waals surface area (Å²) in [5.41, 5.74) is 0.842. The predicted molar refractivity (Wildman–Crippen MR) is 176 cm³/mol. The van der Waals surface area contributed by atoms with Crippen molar-refractivity contribution in [1.29, 1.82) is 0 Å². The van der Waals surface area contributed by atoms with Crippen LogP contribution in [0.3, 0.4) is 0 Å². The van der Waals surface area contributed by atoms with Gasteiger partial charge >= 0.3 is 0 Å². The van der Waals surface area contributed by atoms with Crippen molar-refractivity contribution < 1.29 is 22.4 Å². The number of hydrogen-bond acceptors (Lipinski definition) is 4. The van der Waals surface area contributed by atoms with E-state index in [1.165, 1.54) is 47.4 Å². The summed E-state index contributed by atoms with van der Waals surface area (Å²) in [4.78, 5) is 29.4. The van der Waals surface area contributed by atoms with E-state index >= 15 is 4.39 Å². The van der Waals surface area contributed by atoms with Crippen LogP contribution in [0, 0.1) is 11.7 Å². The van der Waals surface area contributed by atoms with Crippen molar-refractivity contribution in [3.8, 4) is 0 Å². The van der Waals surface area contributed by atoms with Crippen molar-refractivity contribution in [3.63, 3.8) is 0 Å². The van der Waals surface area contributed by atoms with Crippen LogP contribution in [0.2, 0.25) is 10.0 Å². The molecule has 1 atom stereocenters. The highest BCUT2D eigenvalue weighted by Gasteiger charge is 2.36. The molecule has 4 rings (SSSR count). The molecule has 0 aliphatic rings. The number of para-hydroxylation sites is 1. The van der Waals surface area contributed by atoms with Gasteiger partial charge in [0.15, 0.2) is 0 Å². The van der Waals surface area contributed by atoms with E-state index < -0.39 is 40.2 Å². The summed E-state index contributed by atoms with van der Waals surface area (Å²) in [6.45, 7) is 3.23. The van der Waals surface area contributed by atoms with Gasteiger partial charge in [-0.05, 0) is 47.9 Å². The summed E-state index contributed by atoms with van der Waals surface area (Å²) in [5.74, 6) is -1.90. The fourth-order valence-corrected chi connectivity index (χ4v) is 6.68. The van der Waals surface area contributed by atoms with Gasteiger partial charge in [0.1, 0.15) is 18.4 Å². The summed E-state index contributed by atoms with van der Waals surface area (Å²) < 4.78 is 43.8. The van der Waals surface area contributed by atoms with E-state index in [-0.39, 0.29) is 39.5 Å². The number of sulfonamides is 1. The highest BCUT2D eigenvalue weighted by molar-refractivity contribution is 7.92. The first-order valence-electron chi connectivity index (χ1n) is 14.3. The van der Waals surface area contributed by atoms with Crippen molar-refractivity contribution in [2.45, 2.75) is 37.8 Å². The molecule has 0 heterocycles. The van der Waals surface area contributed by atoms with E-state index in [1.807, 2.05) is 44.2 Å². The zero-order chi connectivity index (χ0) is 32.6. The smallest absolute Gasteiger partial charge is 0.264 e. The lowest BCUT2D eigenvalue weighted by Gasteiger charge is -2.34. The molecule has 1 N–H and O–H groups in total. The van der Waals surface area contributed by atoms with E-state index in [0.29, 0.717) is 12.1 Å². The van der Waals surface area contributed by atoms with Crippen molar-refractivity contribution in [2.24, 2.45) is 5.92 Å². The molecule has 236 valence electrons. The summed E-state index contributed by atoms with van der Waals surface area (Å²) in [7, 11) is -4.43. The molecule has 0 saturated carbocycles. The van der Waals surface area contributed by atoms with Gasteiger partial charge in [0.05, 0.1) is 10.6 Å². The molecule has 0 unspecified atom stereocenters. The van der Waals surface area contributed by atoms with Gasteiger partial charge in [-0.1, -0.05) is 104 Å². The lowest BCUT2D eigenvalue weighted by molar-refractivity contribution is -0.140. The first kappa shape index (κ1) is 34.0. The molecule has 11 heteroatoms. The van der Waals surface area contributed by atoms with Crippen LogP contribution in [0.1, 0.15) is 25.0 Å². The lowest BCUT2D eigenvalue weighted by Crippen LogP contribution is -2.54. The quantitative estimate of drug-likeness (QED) is 0.171. The number of anilines is 1. The minimum Gasteiger partial charge on any atom is -0.354 e. The second kappa shape index (κ2) is 15.4. The number of benzene rings is 4. The largest absolute Gasteiger partial charge is 0.354 e. The maximum atomic E-state index is 15.2. The molecule has 0 saturated heterocycles. The third-order valence-electron chi connectivity index (χ3n) is 7.08. The normalized spacial score (nSPS) is 12.0. The van der Waals surface area contributed by atoms with Crippen molar-refractivity contribution in [3.05, 3.63) is 130 Å². The maximum absolute atomic E-state index is 15.2. The number of halogens is 3. The molecular weight excluding hydrogens is 636 g/mol. The van der Waals surface area contributed by atoms with Crippen LogP contribution in [0.25, 0.3) is 0 Å². The van der Waals surface area contributed by atoms with Crippen LogP contribution < -0.4 is 9.62 Å². The Hall–Kier alpha value is -3.92. The maximum Gasteiger partial charge on any atom is 0.264 e. The molecule has 0 radical (unpaired) electrons. The molecule has 0 aromatic heterocycles. The molecule has 4 aromatic rings. The van der Waals surface area contributed by atoms with E-state index in [2.05, 4.69) is 5.32 Å². The lowest BCUT2D eigenvalue weighted by atomic mass is 10.0. The summed E-state index contributed by atoms with van der Waals surface area (Å²) in [6, 6.07) is 25.7. The van der Waals surface area contributed by atoms with E-state index in [9.17, 15) is 18.0 Å². The highest BCUT2D eigenvalue weighted by Crippen LogP contribution is 2.30. The molecule has 0 aliphatic carbocycles. The average Bonchev–Trinajstić information content (AvgIpc) is 3.02. The molecule has 0 bridgehead atoms. The zero-order valence-corrected chi connectivity index (χ0v) is 27.2. The fourth-order valence-electron chi connectivity index (χ4n) is 4.72. The standard InChI is InChI=1S/C34H34Cl2FN3O4S/c1-24(2)21-38-34(42)32(20-25-12-5-3-6-13-25)39(22-27-28(35)16-11-17-29(27)36)33(41)23-40(31-19-10-9-18-30(31)37)45(43,44)26-14-7-4-8-15-26/h3-19,24,32H,20-23H2,1-2H3,(H,38,42)/t32-/m1/s1. The molecule has 45 heavy (non-hydrogen) atoms. The summed E-state index contributed by atoms with van der Waals surface area (Å²) >= 11 is 13.0. The Morgan fingerprint density at radius 1 is 0.822 bits per heavy atom. The fraction of sp³-hybridized carbons (Fsp3) is 0.235. The van der Waals surface area contributed by atoms with Gasteiger partial charge in [0.2, 0.25) is 11.8 Å². The Morgan fingerprint density at radius 2 is 1.40 bits per heavy atom. The number of nitrogens with zero attached hydrogens (tertiary/aromatic N) is 2. The molecule has 0 spiro atoms. The minimum absolute atomic E-state index is 0.115. The highest BCUT2D eigenvalue weighted by atomic mass is 35.5. The van der Waals surface area contributed by atoms with Gasteiger partial charge in [0, 0.05) is 35.1 Å². The first-order chi connectivity index (χ1) is 21.5. The van der Waals surface area contributed by atoms with Crippen molar-refractivity contribution in [1.82, 2.24) is 10.2 Å². The third kappa shape index (κ3) is 8.63. The molecule has 0 fully saturated rings. The van der Waals surface area contributed by atoms with E-state index in [0.717, 1.165) is 15.9 Å². The van der Waals surface area contributed by atoms with Crippen LogP contribution in [0.4, 0.5) is 10.1 Å². The van der Waals surface area contributed by atoms with Gasteiger partial charge in [-0.3, -0.25) is 13.9 Å². The molecule has 7 nitrogen and oxygen atoms in total. The van der Waals surface area contributed by atoms with Gasteiger partial charge in [-0.2, -0.15) is 0 Å². The number of carbonyl (C=O) groups excluding carboxylic acids is 2. The van der Waals surface area contributed by atoms with Gasteiger partial charge in [-0.15, -0.1) is 0 Å². The first-order valence-corrected chi connectivity index (χ1v) is 16.5. The number of amides is 2. The van der Waals surface area contributed by atoms with Crippen LogP contribution >= 0.6 is 23.2 Å². The molecular formula is C34H34Cl2FN3O4S. The second-order valence-electron chi connectivity index (χ2n) is 10.8. The Labute approximate surface area is 273 Å². The second-order valence-corrected chi connectivity index (χ2v) is 13.5. The van der Waals surface area contributed by atoms with Crippen LogP contribution in [0.5, 0.6) is 0 Å². The average molecular weight is 671 g/mol. The van der Waals surface area contributed by atoms with Crippen LogP contribution in [0.15, 0.2) is 108 Å². The predicted octanol–water partition coefficient (Wildman–Crippen LogP) is 6.74. The van der Waals surface area contributed by atoms with Crippen molar-refractivity contribution >= 4 is 50.7 Å². The van der Waals surface area contributed by atoms with Gasteiger partial charge < -0.3 is 10.2 Å². The number of hydrogen-bond donors (Lipinski definition) is 1. The Morgan fingerprint density at radius 3 is 2.00 bits per heavy atom. The van der Waals surface area contributed by atoms with Gasteiger partial charge in [-0.25, -0.2) is 12.8 Å². The Bertz CT molecular complexity index is 1700. The SMILES string of the molecule is CC(C)CNC(=O)[C@@H](Cc1ccccc1)N(Cc1c(Cl)cccc1Cl)C(=O)CN(c1ccccc1F)S(=O)(=O)c1ccccc1. The Balaban J connectivity index is 1.84. The van der Waals surface area contributed by atoms with Crippen molar-refractivity contribution in [2.75, 3.05) is 17.4 Å². The molecule has 0 aliphatic heterocycles. The monoisotopic (exact) mass is 669 g/mol. The minimum atomic E-state index is -4.43. The molecule has 4 aromatic carbocycles.